The Morgan fingerprint density at radius 2 is 1.84 bits per heavy atom. The standard InChI is InChI=1S/C18H22N8S.C2H6.CH5N/c1-26(21)15(8-19)14-6-12-7-17(23-9-13(12)18(20)24-14)25-16-5-11(10-27-2)3-4-22-16;2*1-2/h3-9H,10,19,21H2,1-2H3,(H2,20,24)(H,22,23,25);1-2H3;2H2,1H3/b15-8-;;. The number of anilines is 3. The van der Waals surface area contributed by atoms with Crippen LogP contribution in [0.4, 0.5) is 17.5 Å². The summed E-state index contributed by atoms with van der Waals surface area (Å²) in [7, 11) is 3.19. The maximum Gasteiger partial charge on any atom is 0.133 e. The molecule has 3 aromatic rings. The number of hydrazine groups is 1. The molecule has 10 heteroatoms. The van der Waals surface area contributed by atoms with Crippen molar-refractivity contribution >= 4 is 45.7 Å². The molecule has 3 heterocycles. The van der Waals surface area contributed by atoms with Gasteiger partial charge in [-0.2, -0.15) is 11.8 Å². The number of hydrogen-bond acceptors (Lipinski definition) is 10. The number of pyridine rings is 3. The number of thioether (sulfide) groups is 1. The first-order valence-electron chi connectivity index (χ1n) is 9.77. The van der Waals surface area contributed by atoms with Gasteiger partial charge in [0, 0.05) is 36.8 Å². The first-order valence-corrected chi connectivity index (χ1v) is 11.2. The Hall–Kier alpha value is -3.08. The van der Waals surface area contributed by atoms with E-state index < -0.39 is 0 Å². The van der Waals surface area contributed by atoms with Crippen molar-refractivity contribution in [2.24, 2.45) is 17.3 Å². The molecule has 3 rings (SSSR count). The Morgan fingerprint density at radius 1 is 1.16 bits per heavy atom. The van der Waals surface area contributed by atoms with E-state index >= 15 is 0 Å². The van der Waals surface area contributed by atoms with Crippen molar-refractivity contribution in [2.75, 3.05) is 31.4 Å². The highest BCUT2D eigenvalue weighted by Crippen LogP contribution is 2.26. The number of nitrogens with one attached hydrogen (secondary N) is 1. The monoisotopic (exact) mass is 443 g/mol. The van der Waals surface area contributed by atoms with Crippen molar-refractivity contribution in [1.82, 2.24) is 20.0 Å². The molecule has 0 saturated carbocycles. The maximum absolute atomic E-state index is 6.09. The number of nitrogen functional groups attached to an aromatic ring is 1. The molecule has 9 N–H and O–H groups in total. The average molecular weight is 444 g/mol. The van der Waals surface area contributed by atoms with E-state index in [9.17, 15) is 0 Å². The van der Waals surface area contributed by atoms with Crippen LogP contribution in [0, 0.1) is 0 Å². The Labute approximate surface area is 188 Å². The lowest BCUT2D eigenvalue weighted by molar-refractivity contribution is 0.508. The average Bonchev–Trinajstić information content (AvgIpc) is 2.77. The molecule has 0 fully saturated rings. The van der Waals surface area contributed by atoms with Crippen molar-refractivity contribution in [1.29, 1.82) is 0 Å². The molecule has 0 spiro atoms. The summed E-state index contributed by atoms with van der Waals surface area (Å²) >= 11 is 1.76. The van der Waals surface area contributed by atoms with Crippen LogP contribution < -0.4 is 28.4 Å². The predicted octanol–water partition coefficient (Wildman–Crippen LogP) is 2.88. The molecule has 0 bridgehead atoms. The molecule has 0 aliphatic rings. The summed E-state index contributed by atoms with van der Waals surface area (Å²) in [5.41, 5.74) is 18.6. The Bertz CT molecular complexity index is 990. The van der Waals surface area contributed by atoms with Crippen molar-refractivity contribution in [3.8, 4) is 0 Å². The van der Waals surface area contributed by atoms with Gasteiger partial charge in [-0.05, 0) is 48.5 Å². The van der Waals surface area contributed by atoms with Gasteiger partial charge in [0.15, 0.2) is 0 Å². The summed E-state index contributed by atoms with van der Waals surface area (Å²) in [6.07, 6.45) is 6.93. The summed E-state index contributed by atoms with van der Waals surface area (Å²) in [6, 6.07) is 7.77. The van der Waals surface area contributed by atoms with Crippen LogP contribution >= 0.6 is 11.8 Å². The van der Waals surface area contributed by atoms with Crippen molar-refractivity contribution < 1.29 is 0 Å². The van der Waals surface area contributed by atoms with Gasteiger partial charge in [-0.15, -0.1) is 0 Å². The highest BCUT2D eigenvalue weighted by molar-refractivity contribution is 7.97. The van der Waals surface area contributed by atoms with E-state index in [1.54, 1.807) is 31.2 Å². The van der Waals surface area contributed by atoms with E-state index in [1.165, 1.54) is 23.8 Å². The van der Waals surface area contributed by atoms with Crippen LogP contribution in [0.5, 0.6) is 0 Å². The Kier molecular flexibility index (Phi) is 11.1. The first-order chi connectivity index (χ1) is 15.0. The van der Waals surface area contributed by atoms with Crippen LogP contribution in [0.2, 0.25) is 0 Å². The molecule has 168 valence electrons. The second-order valence-electron chi connectivity index (χ2n) is 5.95. The quantitative estimate of drug-likeness (QED) is 0.283. The summed E-state index contributed by atoms with van der Waals surface area (Å²) in [5, 5.41) is 6.26. The van der Waals surface area contributed by atoms with Crippen LogP contribution in [-0.4, -0.2) is 40.3 Å². The normalized spacial score (nSPS) is 10.5. The van der Waals surface area contributed by atoms with Gasteiger partial charge in [-0.25, -0.2) is 20.8 Å². The van der Waals surface area contributed by atoms with Crippen LogP contribution in [-0.2, 0) is 5.75 Å². The molecule has 31 heavy (non-hydrogen) atoms. The molecule has 0 amide bonds. The van der Waals surface area contributed by atoms with Gasteiger partial charge in [0.2, 0.25) is 0 Å². The van der Waals surface area contributed by atoms with Gasteiger partial charge in [-0.1, -0.05) is 13.8 Å². The summed E-state index contributed by atoms with van der Waals surface area (Å²) < 4.78 is 0. The number of aromatic nitrogens is 3. The zero-order chi connectivity index (χ0) is 23.4. The zero-order valence-electron chi connectivity index (χ0n) is 18.8. The van der Waals surface area contributed by atoms with Crippen LogP contribution in [0.1, 0.15) is 25.1 Å². The number of fused-ring (bicyclic) bond motifs is 1. The molecular weight excluding hydrogens is 410 g/mol. The third-order valence-corrected chi connectivity index (χ3v) is 4.56. The maximum atomic E-state index is 6.09. The highest BCUT2D eigenvalue weighted by atomic mass is 32.2. The largest absolute Gasteiger partial charge is 0.403 e. The third-order valence-electron chi connectivity index (χ3n) is 3.94. The lowest BCUT2D eigenvalue weighted by atomic mass is 10.1. The topological polar surface area (TPSA) is 158 Å². The van der Waals surface area contributed by atoms with Gasteiger partial charge in [0.25, 0.3) is 0 Å². The summed E-state index contributed by atoms with van der Waals surface area (Å²) in [6.45, 7) is 4.00. The van der Waals surface area contributed by atoms with Crippen molar-refractivity contribution in [3.63, 3.8) is 0 Å². The molecule has 0 aliphatic heterocycles. The third kappa shape index (κ3) is 6.99. The molecule has 0 radical (unpaired) electrons. The fraction of sp³-hybridized carbons (Fsp3) is 0.286. The molecule has 3 aromatic heterocycles. The van der Waals surface area contributed by atoms with Gasteiger partial charge in [-0.3, -0.25) is 0 Å². The summed E-state index contributed by atoms with van der Waals surface area (Å²) in [4.78, 5) is 13.1. The Morgan fingerprint density at radius 3 is 2.45 bits per heavy atom. The lowest BCUT2D eigenvalue weighted by Gasteiger charge is -2.16. The SMILES string of the molecule is CC.CN.CSCc1ccnc(Nc2cc3cc(/C(=C/N)N(C)N)nc(N)c3cn2)c1. The van der Waals surface area contributed by atoms with Crippen LogP contribution in [0.15, 0.2) is 42.9 Å². The van der Waals surface area contributed by atoms with Gasteiger partial charge in [0.1, 0.15) is 17.5 Å². The van der Waals surface area contributed by atoms with Gasteiger partial charge >= 0.3 is 0 Å². The minimum absolute atomic E-state index is 0.364. The van der Waals surface area contributed by atoms with E-state index in [0.29, 0.717) is 23.0 Å². The fourth-order valence-corrected chi connectivity index (χ4v) is 3.20. The van der Waals surface area contributed by atoms with E-state index in [-0.39, 0.29) is 0 Å². The van der Waals surface area contributed by atoms with Crippen molar-refractivity contribution in [3.05, 3.63) is 54.1 Å². The number of nitrogens with two attached hydrogens (primary N) is 4. The van der Waals surface area contributed by atoms with Gasteiger partial charge in [0.05, 0.1) is 11.4 Å². The molecule has 0 unspecified atom stereocenters. The molecule has 0 aliphatic carbocycles. The minimum atomic E-state index is 0.364. The van der Waals surface area contributed by atoms with E-state index in [2.05, 4.69) is 32.3 Å². The van der Waals surface area contributed by atoms with E-state index in [0.717, 1.165) is 22.3 Å². The summed E-state index contributed by atoms with van der Waals surface area (Å²) in [5.74, 6) is 8.50. The fourth-order valence-electron chi connectivity index (χ4n) is 2.69. The van der Waals surface area contributed by atoms with Crippen LogP contribution in [0.3, 0.4) is 0 Å². The smallest absolute Gasteiger partial charge is 0.133 e. The lowest BCUT2D eigenvalue weighted by Crippen LogP contribution is -2.25. The Balaban J connectivity index is 0.00000113. The first kappa shape index (κ1) is 26.0. The second-order valence-corrected chi connectivity index (χ2v) is 6.82. The molecule has 0 aromatic carbocycles. The zero-order valence-corrected chi connectivity index (χ0v) is 19.6. The molecule has 0 atom stereocenters. The molecular formula is C21H33N9S. The number of hydrogen-bond donors (Lipinski definition) is 5. The van der Waals surface area contributed by atoms with Crippen LogP contribution in [0.25, 0.3) is 16.5 Å². The number of nitrogens with zero attached hydrogens (tertiary/aromatic N) is 4. The molecule has 9 nitrogen and oxygen atoms in total. The minimum Gasteiger partial charge on any atom is -0.403 e. The predicted molar refractivity (Wildman–Crippen MR) is 134 cm³/mol. The van der Waals surface area contributed by atoms with Crippen molar-refractivity contribution in [2.45, 2.75) is 19.6 Å². The van der Waals surface area contributed by atoms with Gasteiger partial charge < -0.3 is 27.5 Å². The molecule has 0 saturated heterocycles. The van der Waals surface area contributed by atoms with E-state index in [1.807, 2.05) is 38.1 Å². The highest BCUT2D eigenvalue weighted by Gasteiger charge is 2.11. The second kappa shape index (κ2) is 13.3. The van der Waals surface area contributed by atoms with E-state index in [4.69, 9.17) is 17.3 Å². The number of rotatable bonds is 6.